The molecule has 1 aromatic rings. The first-order valence-corrected chi connectivity index (χ1v) is 5.79. The van der Waals surface area contributed by atoms with Crippen molar-refractivity contribution in [1.82, 2.24) is 0 Å². The lowest BCUT2D eigenvalue weighted by atomic mass is 9.98. The Labute approximate surface area is 101 Å². The van der Waals surface area contributed by atoms with E-state index in [0.717, 1.165) is 17.8 Å². The zero-order chi connectivity index (χ0) is 12.5. The molecule has 1 aliphatic rings. The van der Waals surface area contributed by atoms with Gasteiger partial charge in [-0.05, 0) is 19.9 Å². The highest BCUT2D eigenvalue weighted by Crippen LogP contribution is 2.28. The molecule has 17 heavy (non-hydrogen) atoms. The summed E-state index contributed by atoms with van der Waals surface area (Å²) in [5.41, 5.74) is 1.95. The van der Waals surface area contributed by atoms with Gasteiger partial charge in [0.05, 0.1) is 11.3 Å². The Hall–Kier alpha value is -1.55. The average Bonchev–Trinajstić information content (AvgIpc) is 2.28. The van der Waals surface area contributed by atoms with Crippen LogP contribution in [0.3, 0.4) is 0 Å². The lowest BCUT2D eigenvalue weighted by Gasteiger charge is -2.35. The van der Waals surface area contributed by atoms with E-state index in [4.69, 9.17) is 5.21 Å². The number of benzene rings is 1. The summed E-state index contributed by atoms with van der Waals surface area (Å²) in [6.45, 7) is 4.93. The summed E-state index contributed by atoms with van der Waals surface area (Å²) in [6, 6.07) is 7.82. The molecule has 0 unspecified atom stereocenters. The number of anilines is 1. The SMILES string of the molecule is CC(C)(O)CN1CCC(=NO)c2ccccc21. The van der Waals surface area contributed by atoms with Crippen molar-refractivity contribution in [3.8, 4) is 0 Å². The van der Waals surface area contributed by atoms with Crippen LogP contribution < -0.4 is 4.90 Å². The molecule has 0 bridgehead atoms. The van der Waals surface area contributed by atoms with E-state index in [1.54, 1.807) is 13.8 Å². The number of oxime groups is 1. The van der Waals surface area contributed by atoms with Crippen LogP contribution in [0.15, 0.2) is 29.4 Å². The van der Waals surface area contributed by atoms with Crippen LogP contribution in [-0.2, 0) is 0 Å². The first-order chi connectivity index (χ1) is 8.01. The molecule has 92 valence electrons. The number of aliphatic hydroxyl groups is 1. The predicted octanol–water partition coefficient (Wildman–Crippen LogP) is 1.85. The summed E-state index contributed by atoms with van der Waals surface area (Å²) >= 11 is 0. The molecular formula is C13H18N2O2. The molecule has 0 saturated carbocycles. The second-order valence-corrected chi connectivity index (χ2v) is 5.05. The number of nitrogens with zero attached hydrogens (tertiary/aromatic N) is 2. The van der Waals surface area contributed by atoms with Gasteiger partial charge in [-0.25, -0.2) is 0 Å². The van der Waals surface area contributed by atoms with Gasteiger partial charge in [-0.3, -0.25) is 0 Å². The zero-order valence-electron chi connectivity index (χ0n) is 10.2. The quantitative estimate of drug-likeness (QED) is 0.606. The molecule has 1 aliphatic heterocycles. The standard InChI is InChI=1S/C13H18N2O2/c1-13(2,16)9-15-8-7-11(14-17)10-5-3-4-6-12(10)15/h3-6,16-17H,7-9H2,1-2H3. The number of fused-ring (bicyclic) bond motifs is 1. The molecule has 4 heteroatoms. The van der Waals surface area contributed by atoms with E-state index >= 15 is 0 Å². The first kappa shape index (κ1) is 11.9. The van der Waals surface area contributed by atoms with Gasteiger partial charge in [-0.1, -0.05) is 23.4 Å². The Bertz CT molecular complexity index is 435. The van der Waals surface area contributed by atoms with Gasteiger partial charge in [0.25, 0.3) is 0 Å². The summed E-state index contributed by atoms with van der Waals surface area (Å²) in [7, 11) is 0. The summed E-state index contributed by atoms with van der Waals surface area (Å²) < 4.78 is 0. The minimum absolute atomic E-state index is 0.572. The van der Waals surface area contributed by atoms with Crippen molar-refractivity contribution < 1.29 is 10.3 Å². The van der Waals surface area contributed by atoms with E-state index in [1.165, 1.54) is 0 Å². The van der Waals surface area contributed by atoms with Crippen LogP contribution in [0.1, 0.15) is 25.8 Å². The van der Waals surface area contributed by atoms with Gasteiger partial charge in [0.15, 0.2) is 0 Å². The molecule has 2 N–H and O–H groups in total. The van der Waals surface area contributed by atoms with Gasteiger partial charge >= 0.3 is 0 Å². The summed E-state index contributed by atoms with van der Waals surface area (Å²) in [5.74, 6) is 0. The Morgan fingerprint density at radius 3 is 2.71 bits per heavy atom. The normalized spacial score (nSPS) is 18.3. The van der Waals surface area contributed by atoms with Crippen molar-refractivity contribution in [3.05, 3.63) is 29.8 Å². The van der Waals surface area contributed by atoms with E-state index in [9.17, 15) is 5.11 Å². The van der Waals surface area contributed by atoms with E-state index in [2.05, 4.69) is 10.1 Å². The van der Waals surface area contributed by atoms with Gasteiger partial charge in [0, 0.05) is 30.8 Å². The van der Waals surface area contributed by atoms with E-state index in [-0.39, 0.29) is 0 Å². The maximum atomic E-state index is 9.90. The monoisotopic (exact) mass is 234 g/mol. The van der Waals surface area contributed by atoms with Gasteiger partial charge in [0.1, 0.15) is 0 Å². The lowest BCUT2D eigenvalue weighted by Crippen LogP contribution is -2.42. The van der Waals surface area contributed by atoms with Crippen molar-refractivity contribution in [2.24, 2.45) is 5.16 Å². The predicted molar refractivity (Wildman–Crippen MR) is 67.9 cm³/mol. The number of rotatable bonds is 2. The van der Waals surface area contributed by atoms with Crippen molar-refractivity contribution in [3.63, 3.8) is 0 Å². The number of para-hydroxylation sites is 1. The van der Waals surface area contributed by atoms with E-state index in [1.807, 2.05) is 24.3 Å². The molecule has 0 amide bonds. The third-order valence-electron chi connectivity index (χ3n) is 2.87. The Morgan fingerprint density at radius 1 is 1.35 bits per heavy atom. The van der Waals surface area contributed by atoms with Crippen molar-refractivity contribution in [1.29, 1.82) is 0 Å². The molecule has 0 aliphatic carbocycles. The van der Waals surface area contributed by atoms with Gasteiger partial charge in [-0.15, -0.1) is 0 Å². The van der Waals surface area contributed by atoms with E-state index in [0.29, 0.717) is 18.7 Å². The fraction of sp³-hybridized carbons (Fsp3) is 0.462. The molecule has 1 heterocycles. The van der Waals surface area contributed by atoms with E-state index < -0.39 is 5.60 Å². The lowest BCUT2D eigenvalue weighted by molar-refractivity contribution is 0.0873. The molecule has 0 atom stereocenters. The van der Waals surface area contributed by atoms with Crippen molar-refractivity contribution >= 4 is 11.4 Å². The van der Waals surface area contributed by atoms with Crippen LogP contribution in [0.4, 0.5) is 5.69 Å². The maximum absolute atomic E-state index is 9.90. The summed E-state index contributed by atoms with van der Waals surface area (Å²) in [5, 5.41) is 22.2. The number of β-amino-alcohol motifs (C(OH)–C–C–N with tert-alkyl or cyclic N) is 1. The zero-order valence-corrected chi connectivity index (χ0v) is 10.2. The largest absolute Gasteiger partial charge is 0.411 e. The third-order valence-corrected chi connectivity index (χ3v) is 2.87. The molecule has 0 fully saturated rings. The highest BCUT2D eigenvalue weighted by Gasteiger charge is 2.25. The Kier molecular flexibility index (Phi) is 3.07. The summed E-state index contributed by atoms with van der Waals surface area (Å²) in [6.07, 6.45) is 0.698. The molecule has 2 rings (SSSR count). The first-order valence-electron chi connectivity index (χ1n) is 5.79. The Morgan fingerprint density at radius 2 is 2.06 bits per heavy atom. The average molecular weight is 234 g/mol. The molecular weight excluding hydrogens is 216 g/mol. The fourth-order valence-electron chi connectivity index (χ4n) is 2.22. The summed E-state index contributed by atoms with van der Waals surface area (Å²) in [4.78, 5) is 2.13. The van der Waals surface area contributed by atoms with Crippen LogP contribution in [0, 0.1) is 0 Å². The highest BCUT2D eigenvalue weighted by molar-refractivity contribution is 6.06. The number of hydrogen-bond donors (Lipinski definition) is 2. The smallest absolute Gasteiger partial charge is 0.0906 e. The Balaban J connectivity index is 2.35. The second-order valence-electron chi connectivity index (χ2n) is 5.05. The van der Waals surface area contributed by atoms with Gasteiger partial charge in [-0.2, -0.15) is 0 Å². The maximum Gasteiger partial charge on any atom is 0.0906 e. The third kappa shape index (κ3) is 2.58. The van der Waals surface area contributed by atoms with Gasteiger partial charge < -0.3 is 15.2 Å². The van der Waals surface area contributed by atoms with Gasteiger partial charge in [0.2, 0.25) is 0 Å². The molecule has 0 saturated heterocycles. The highest BCUT2D eigenvalue weighted by atomic mass is 16.4. The molecule has 1 aromatic carbocycles. The van der Waals surface area contributed by atoms with Crippen LogP contribution in [0.2, 0.25) is 0 Å². The van der Waals surface area contributed by atoms with Crippen molar-refractivity contribution in [2.45, 2.75) is 25.9 Å². The van der Waals surface area contributed by atoms with Crippen LogP contribution >= 0.6 is 0 Å². The molecule has 0 radical (unpaired) electrons. The topological polar surface area (TPSA) is 56.1 Å². The minimum atomic E-state index is -0.735. The molecule has 0 aromatic heterocycles. The minimum Gasteiger partial charge on any atom is -0.411 e. The molecule has 4 nitrogen and oxygen atoms in total. The van der Waals surface area contributed by atoms with Crippen LogP contribution in [0.5, 0.6) is 0 Å². The second kappa shape index (κ2) is 4.37. The van der Waals surface area contributed by atoms with Crippen molar-refractivity contribution in [2.75, 3.05) is 18.0 Å². The fourth-order valence-corrected chi connectivity index (χ4v) is 2.22. The van der Waals surface area contributed by atoms with Crippen LogP contribution in [-0.4, -0.2) is 34.7 Å². The van der Waals surface area contributed by atoms with Crippen LogP contribution in [0.25, 0.3) is 0 Å². The molecule has 0 spiro atoms. The number of hydrogen-bond acceptors (Lipinski definition) is 4.